The minimum atomic E-state index is -0.611. The Balaban J connectivity index is 1.69. The number of carbonyl (C=O) groups excluding carboxylic acids is 2. The summed E-state index contributed by atoms with van der Waals surface area (Å²) in [5, 5.41) is 5.33. The van der Waals surface area contributed by atoms with Crippen molar-refractivity contribution in [2.24, 2.45) is 0 Å². The first-order chi connectivity index (χ1) is 11.0. The number of hydrogen-bond donors (Lipinski definition) is 1. The van der Waals surface area contributed by atoms with Gasteiger partial charge in [0, 0.05) is 12.4 Å². The molecule has 0 aliphatic carbocycles. The molecular weight excluding hydrogens is 314 g/mol. The zero-order valence-corrected chi connectivity index (χ0v) is 13.9. The molecule has 0 saturated heterocycles. The maximum Gasteiger partial charge on any atom is 0.407 e. The van der Waals surface area contributed by atoms with E-state index in [9.17, 15) is 9.59 Å². The quantitative estimate of drug-likeness (QED) is 0.881. The van der Waals surface area contributed by atoms with E-state index < -0.39 is 6.09 Å². The van der Waals surface area contributed by atoms with E-state index >= 15 is 0 Å². The highest BCUT2D eigenvalue weighted by Crippen LogP contribution is 2.09. The maximum atomic E-state index is 12.0. The molecule has 2 rings (SSSR count). The number of aromatic nitrogens is 1. The molecule has 6 nitrogen and oxygen atoms in total. The summed E-state index contributed by atoms with van der Waals surface area (Å²) in [5.74, 6) is -0.202. The highest BCUT2D eigenvalue weighted by Gasteiger charge is 2.12. The molecule has 2 amide bonds. The van der Waals surface area contributed by atoms with Crippen molar-refractivity contribution in [1.29, 1.82) is 0 Å². The van der Waals surface area contributed by atoms with E-state index in [0.717, 1.165) is 16.3 Å². The molecule has 0 spiro atoms. The molecule has 1 aromatic carbocycles. The van der Waals surface area contributed by atoms with Crippen molar-refractivity contribution in [2.45, 2.75) is 20.1 Å². The normalized spacial score (nSPS) is 10.2. The molecule has 0 aliphatic heterocycles. The molecule has 0 radical (unpaired) electrons. The standard InChI is InChI=1S/C16H19N3O3S/c1-12-18-14(11-23-12)9-19(2)15(20)8-17-16(21)22-10-13-6-4-3-5-7-13/h3-7,11H,8-10H2,1-2H3,(H,17,21). The third-order valence-electron chi connectivity index (χ3n) is 3.09. The van der Waals surface area contributed by atoms with Crippen molar-refractivity contribution in [1.82, 2.24) is 15.2 Å². The third kappa shape index (κ3) is 5.71. The van der Waals surface area contributed by atoms with E-state index in [0.29, 0.717) is 6.54 Å². The van der Waals surface area contributed by atoms with Gasteiger partial charge in [0.25, 0.3) is 0 Å². The van der Waals surface area contributed by atoms with E-state index in [4.69, 9.17) is 4.74 Å². The lowest BCUT2D eigenvalue weighted by Gasteiger charge is -2.16. The molecular formula is C16H19N3O3S. The average molecular weight is 333 g/mol. The Labute approximate surface area is 139 Å². The maximum absolute atomic E-state index is 12.0. The van der Waals surface area contributed by atoms with Gasteiger partial charge in [0.2, 0.25) is 5.91 Å². The number of aryl methyl sites for hydroxylation is 1. The molecule has 1 heterocycles. The van der Waals surface area contributed by atoms with Crippen molar-refractivity contribution < 1.29 is 14.3 Å². The van der Waals surface area contributed by atoms with Gasteiger partial charge >= 0.3 is 6.09 Å². The lowest BCUT2D eigenvalue weighted by atomic mass is 10.2. The first-order valence-corrected chi connectivity index (χ1v) is 8.02. The topological polar surface area (TPSA) is 71.5 Å². The number of rotatable bonds is 6. The Morgan fingerprint density at radius 2 is 2.04 bits per heavy atom. The lowest BCUT2D eigenvalue weighted by molar-refractivity contribution is -0.129. The molecule has 23 heavy (non-hydrogen) atoms. The largest absolute Gasteiger partial charge is 0.445 e. The summed E-state index contributed by atoms with van der Waals surface area (Å²) < 4.78 is 5.05. The van der Waals surface area contributed by atoms with Crippen LogP contribution in [0.2, 0.25) is 0 Å². The summed E-state index contributed by atoms with van der Waals surface area (Å²) in [5.41, 5.74) is 1.74. The van der Waals surface area contributed by atoms with Crippen LogP contribution >= 0.6 is 11.3 Å². The second kappa shape index (κ2) is 8.28. The van der Waals surface area contributed by atoms with Gasteiger partial charge in [-0.05, 0) is 12.5 Å². The summed E-state index contributed by atoms with van der Waals surface area (Å²) in [4.78, 5) is 29.4. The minimum absolute atomic E-state index is 0.104. The molecule has 0 unspecified atom stereocenters. The van der Waals surface area contributed by atoms with Crippen LogP contribution in [0.25, 0.3) is 0 Å². The zero-order valence-electron chi connectivity index (χ0n) is 13.1. The smallest absolute Gasteiger partial charge is 0.407 e. The molecule has 0 aliphatic rings. The van der Waals surface area contributed by atoms with Crippen molar-refractivity contribution >= 4 is 23.3 Å². The Morgan fingerprint density at radius 1 is 1.30 bits per heavy atom. The molecule has 0 bridgehead atoms. The van der Waals surface area contributed by atoms with Gasteiger partial charge in [0.05, 0.1) is 17.2 Å². The molecule has 1 N–H and O–H groups in total. The van der Waals surface area contributed by atoms with E-state index in [1.165, 1.54) is 4.90 Å². The first-order valence-electron chi connectivity index (χ1n) is 7.14. The number of likely N-dealkylation sites (N-methyl/N-ethyl adjacent to an activating group) is 1. The summed E-state index contributed by atoms with van der Waals surface area (Å²) in [6, 6.07) is 9.36. The van der Waals surface area contributed by atoms with Crippen LogP contribution < -0.4 is 5.32 Å². The van der Waals surface area contributed by atoms with Crippen LogP contribution in [0.4, 0.5) is 4.79 Å². The number of amides is 2. The summed E-state index contributed by atoms with van der Waals surface area (Å²) in [7, 11) is 1.67. The Bertz CT molecular complexity index is 658. The number of alkyl carbamates (subject to hydrolysis) is 1. The number of nitrogens with zero attached hydrogens (tertiary/aromatic N) is 2. The highest BCUT2D eigenvalue weighted by molar-refractivity contribution is 7.09. The molecule has 0 saturated carbocycles. The number of carbonyl (C=O) groups is 2. The van der Waals surface area contributed by atoms with Gasteiger partial charge in [-0.2, -0.15) is 0 Å². The number of ether oxygens (including phenoxy) is 1. The van der Waals surface area contributed by atoms with Gasteiger partial charge in [-0.25, -0.2) is 9.78 Å². The van der Waals surface area contributed by atoms with Crippen LogP contribution in [0.5, 0.6) is 0 Å². The fourth-order valence-corrected chi connectivity index (χ4v) is 2.47. The van der Waals surface area contributed by atoms with Crippen molar-refractivity contribution in [3.05, 3.63) is 52.0 Å². The highest BCUT2D eigenvalue weighted by atomic mass is 32.1. The van der Waals surface area contributed by atoms with Crippen molar-refractivity contribution in [2.75, 3.05) is 13.6 Å². The predicted molar refractivity (Wildman–Crippen MR) is 88.0 cm³/mol. The molecule has 7 heteroatoms. The van der Waals surface area contributed by atoms with E-state index in [-0.39, 0.29) is 19.1 Å². The number of benzene rings is 1. The van der Waals surface area contributed by atoms with Gasteiger partial charge in [-0.15, -0.1) is 11.3 Å². The van der Waals surface area contributed by atoms with E-state index in [2.05, 4.69) is 10.3 Å². The van der Waals surface area contributed by atoms with Gasteiger partial charge in [-0.1, -0.05) is 30.3 Å². The fraction of sp³-hybridized carbons (Fsp3) is 0.312. The predicted octanol–water partition coefficient (Wildman–Crippen LogP) is 2.34. The number of thiazole rings is 1. The second-order valence-corrected chi connectivity index (χ2v) is 6.09. The van der Waals surface area contributed by atoms with Crippen LogP contribution in [-0.4, -0.2) is 35.5 Å². The molecule has 0 fully saturated rings. The lowest BCUT2D eigenvalue weighted by Crippen LogP contribution is -2.38. The third-order valence-corrected chi connectivity index (χ3v) is 3.91. The summed E-state index contributed by atoms with van der Waals surface area (Å²) >= 11 is 1.54. The van der Waals surface area contributed by atoms with Crippen LogP contribution in [0.1, 0.15) is 16.3 Å². The summed E-state index contributed by atoms with van der Waals surface area (Å²) in [6.07, 6.45) is -0.611. The van der Waals surface area contributed by atoms with Gasteiger partial charge in [-0.3, -0.25) is 4.79 Å². The Kier molecular flexibility index (Phi) is 6.10. The minimum Gasteiger partial charge on any atom is -0.445 e. The van der Waals surface area contributed by atoms with E-state index in [1.54, 1.807) is 18.4 Å². The van der Waals surface area contributed by atoms with Gasteiger partial charge in [0.1, 0.15) is 13.2 Å². The second-order valence-electron chi connectivity index (χ2n) is 5.02. The van der Waals surface area contributed by atoms with Crippen LogP contribution in [0.15, 0.2) is 35.7 Å². The van der Waals surface area contributed by atoms with Crippen molar-refractivity contribution in [3.63, 3.8) is 0 Å². The monoisotopic (exact) mass is 333 g/mol. The molecule has 0 atom stereocenters. The number of nitrogens with one attached hydrogen (secondary N) is 1. The SMILES string of the molecule is Cc1nc(CN(C)C(=O)CNC(=O)OCc2ccccc2)cs1. The van der Waals surface area contributed by atoms with Crippen LogP contribution in [0.3, 0.4) is 0 Å². The van der Waals surface area contributed by atoms with Crippen LogP contribution in [0, 0.1) is 6.92 Å². The fourth-order valence-electron chi connectivity index (χ4n) is 1.87. The Morgan fingerprint density at radius 3 is 2.70 bits per heavy atom. The summed E-state index contributed by atoms with van der Waals surface area (Å²) in [6.45, 7) is 2.41. The molecule has 122 valence electrons. The average Bonchev–Trinajstić information content (AvgIpc) is 2.96. The van der Waals surface area contributed by atoms with Crippen LogP contribution in [-0.2, 0) is 22.7 Å². The molecule has 1 aromatic heterocycles. The van der Waals surface area contributed by atoms with Crippen molar-refractivity contribution in [3.8, 4) is 0 Å². The van der Waals surface area contributed by atoms with Gasteiger partial charge in [0.15, 0.2) is 0 Å². The Hall–Kier alpha value is -2.41. The zero-order chi connectivity index (χ0) is 16.7. The number of hydrogen-bond acceptors (Lipinski definition) is 5. The molecule has 2 aromatic rings. The first kappa shape index (κ1) is 17.0. The van der Waals surface area contributed by atoms with Gasteiger partial charge < -0.3 is 15.0 Å². The van der Waals surface area contributed by atoms with E-state index in [1.807, 2.05) is 42.6 Å².